The zero-order valence-electron chi connectivity index (χ0n) is 9.80. The molecule has 0 aliphatic heterocycles. The van der Waals surface area contributed by atoms with Crippen molar-refractivity contribution in [1.29, 1.82) is 0 Å². The van der Waals surface area contributed by atoms with Crippen molar-refractivity contribution in [2.24, 2.45) is 0 Å². The Balaban J connectivity index is 2.13. The van der Waals surface area contributed by atoms with Crippen LogP contribution in [-0.2, 0) is 6.42 Å². The molecule has 4 nitrogen and oxygen atoms in total. The predicted octanol–water partition coefficient (Wildman–Crippen LogP) is 3.30. The Kier molecular flexibility index (Phi) is 3.58. The van der Waals surface area contributed by atoms with Crippen LogP contribution in [0.25, 0.3) is 0 Å². The Morgan fingerprint density at radius 2 is 2.18 bits per heavy atom. The standard InChI is InChI=1S/C12H14N2O2S/c1-3-4-11-13-12(17-14-11)16-10-6-8(2)5-9(15)7-10/h5-7,15H,3-4H2,1-2H3. The van der Waals surface area contributed by atoms with E-state index in [-0.39, 0.29) is 5.75 Å². The lowest BCUT2D eigenvalue weighted by molar-refractivity contribution is 0.452. The second-order valence-electron chi connectivity index (χ2n) is 3.83. The highest BCUT2D eigenvalue weighted by Gasteiger charge is 2.06. The van der Waals surface area contributed by atoms with Crippen molar-refractivity contribution in [2.45, 2.75) is 26.7 Å². The molecule has 0 fully saturated rings. The molecule has 1 aromatic carbocycles. The minimum absolute atomic E-state index is 0.193. The molecule has 0 unspecified atom stereocenters. The van der Waals surface area contributed by atoms with E-state index in [2.05, 4.69) is 16.3 Å². The molecule has 0 aliphatic rings. The number of phenols is 1. The van der Waals surface area contributed by atoms with Gasteiger partial charge in [0.15, 0.2) is 0 Å². The topological polar surface area (TPSA) is 55.2 Å². The van der Waals surface area contributed by atoms with Crippen molar-refractivity contribution in [3.8, 4) is 16.7 Å². The average molecular weight is 250 g/mol. The first kappa shape index (κ1) is 11.9. The van der Waals surface area contributed by atoms with E-state index in [1.165, 1.54) is 11.5 Å². The van der Waals surface area contributed by atoms with Gasteiger partial charge in [0, 0.05) is 24.0 Å². The van der Waals surface area contributed by atoms with Crippen LogP contribution >= 0.6 is 11.5 Å². The summed E-state index contributed by atoms with van der Waals surface area (Å²) in [5.41, 5.74) is 0.943. The van der Waals surface area contributed by atoms with Gasteiger partial charge in [0.05, 0.1) is 0 Å². The number of aryl methyl sites for hydroxylation is 2. The molecule has 1 aromatic heterocycles. The Labute approximate surface area is 104 Å². The summed E-state index contributed by atoms with van der Waals surface area (Å²) in [6.45, 7) is 3.98. The van der Waals surface area contributed by atoms with Crippen molar-refractivity contribution in [1.82, 2.24) is 9.36 Å². The average Bonchev–Trinajstić information content (AvgIpc) is 2.64. The molecule has 0 atom stereocenters. The van der Waals surface area contributed by atoms with Crippen LogP contribution in [-0.4, -0.2) is 14.5 Å². The second-order valence-corrected chi connectivity index (χ2v) is 4.55. The third kappa shape index (κ3) is 3.17. The molecule has 0 saturated carbocycles. The minimum Gasteiger partial charge on any atom is -0.508 e. The third-order valence-electron chi connectivity index (χ3n) is 2.16. The highest BCUT2D eigenvalue weighted by molar-refractivity contribution is 7.07. The van der Waals surface area contributed by atoms with Crippen LogP contribution in [0.2, 0.25) is 0 Å². The molecule has 0 bridgehead atoms. The highest BCUT2D eigenvalue weighted by atomic mass is 32.1. The normalized spacial score (nSPS) is 10.5. The van der Waals surface area contributed by atoms with Crippen molar-refractivity contribution in [3.05, 3.63) is 29.6 Å². The van der Waals surface area contributed by atoms with Gasteiger partial charge in [-0.15, -0.1) is 0 Å². The number of aromatic hydroxyl groups is 1. The molecule has 2 aromatic rings. The molecule has 0 aliphatic carbocycles. The van der Waals surface area contributed by atoms with Crippen LogP contribution in [0.1, 0.15) is 24.7 Å². The van der Waals surface area contributed by atoms with Gasteiger partial charge in [-0.25, -0.2) is 0 Å². The van der Waals surface area contributed by atoms with Crippen LogP contribution in [0.3, 0.4) is 0 Å². The molecule has 90 valence electrons. The Morgan fingerprint density at radius 3 is 2.88 bits per heavy atom. The quantitative estimate of drug-likeness (QED) is 0.904. The maximum atomic E-state index is 9.45. The maximum Gasteiger partial charge on any atom is 0.298 e. The summed E-state index contributed by atoms with van der Waals surface area (Å²) < 4.78 is 9.74. The summed E-state index contributed by atoms with van der Waals surface area (Å²) in [4.78, 5) is 4.26. The van der Waals surface area contributed by atoms with Gasteiger partial charge in [-0.05, 0) is 31.0 Å². The molecule has 17 heavy (non-hydrogen) atoms. The zero-order valence-corrected chi connectivity index (χ0v) is 10.6. The first-order valence-electron chi connectivity index (χ1n) is 5.48. The smallest absolute Gasteiger partial charge is 0.298 e. The number of hydrogen-bond acceptors (Lipinski definition) is 5. The van der Waals surface area contributed by atoms with Gasteiger partial charge in [0.25, 0.3) is 5.19 Å². The monoisotopic (exact) mass is 250 g/mol. The molecule has 2 rings (SSSR count). The van der Waals surface area contributed by atoms with Gasteiger partial charge < -0.3 is 9.84 Å². The van der Waals surface area contributed by atoms with E-state index in [4.69, 9.17) is 4.74 Å². The minimum atomic E-state index is 0.193. The van der Waals surface area contributed by atoms with E-state index in [9.17, 15) is 5.11 Å². The number of benzene rings is 1. The Bertz CT molecular complexity index is 491. The lowest BCUT2D eigenvalue weighted by atomic mass is 10.2. The lowest BCUT2D eigenvalue weighted by Gasteiger charge is -2.03. The number of phenolic OH excluding ortho intramolecular Hbond substituents is 1. The predicted molar refractivity (Wildman–Crippen MR) is 66.8 cm³/mol. The fourth-order valence-corrected chi connectivity index (χ4v) is 2.09. The summed E-state index contributed by atoms with van der Waals surface area (Å²) in [6.07, 6.45) is 1.88. The summed E-state index contributed by atoms with van der Waals surface area (Å²) in [6, 6.07) is 5.09. The highest BCUT2D eigenvalue weighted by Crippen LogP contribution is 2.27. The molecule has 0 spiro atoms. The summed E-state index contributed by atoms with van der Waals surface area (Å²) in [5.74, 6) is 1.59. The zero-order chi connectivity index (χ0) is 12.3. The fraction of sp³-hybridized carbons (Fsp3) is 0.333. The van der Waals surface area contributed by atoms with E-state index in [0.717, 1.165) is 24.2 Å². The Morgan fingerprint density at radius 1 is 1.35 bits per heavy atom. The van der Waals surface area contributed by atoms with Gasteiger partial charge in [-0.2, -0.15) is 9.36 Å². The van der Waals surface area contributed by atoms with Crippen molar-refractivity contribution in [2.75, 3.05) is 0 Å². The van der Waals surface area contributed by atoms with Crippen LogP contribution in [0, 0.1) is 6.92 Å². The van der Waals surface area contributed by atoms with Crippen molar-refractivity contribution >= 4 is 11.5 Å². The fourth-order valence-electron chi connectivity index (χ4n) is 1.49. The number of nitrogens with zero attached hydrogens (tertiary/aromatic N) is 2. The van der Waals surface area contributed by atoms with Crippen LogP contribution in [0.4, 0.5) is 0 Å². The Hall–Kier alpha value is -1.62. The molecule has 5 heteroatoms. The lowest BCUT2D eigenvalue weighted by Crippen LogP contribution is -1.87. The molecule has 0 radical (unpaired) electrons. The molecular formula is C12H14N2O2S. The molecule has 1 heterocycles. The van der Waals surface area contributed by atoms with Gasteiger partial charge in [0.1, 0.15) is 17.3 Å². The third-order valence-corrected chi connectivity index (χ3v) is 2.80. The summed E-state index contributed by atoms with van der Waals surface area (Å²) in [5, 5.41) is 9.96. The van der Waals surface area contributed by atoms with E-state index >= 15 is 0 Å². The maximum absolute atomic E-state index is 9.45. The number of ether oxygens (including phenoxy) is 1. The number of aromatic nitrogens is 2. The molecular weight excluding hydrogens is 236 g/mol. The molecule has 0 saturated heterocycles. The van der Waals surface area contributed by atoms with Crippen molar-refractivity contribution in [3.63, 3.8) is 0 Å². The molecule has 0 amide bonds. The second kappa shape index (κ2) is 5.14. The SMILES string of the molecule is CCCc1nsc(Oc2cc(C)cc(O)c2)n1. The summed E-state index contributed by atoms with van der Waals surface area (Å²) in [7, 11) is 0. The van der Waals surface area contributed by atoms with Crippen molar-refractivity contribution < 1.29 is 9.84 Å². The number of rotatable bonds is 4. The largest absolute Gasteiger partial charge is 0.508 e. The molecule has 1 N–H and O–H groups in total. The van der Waals surface area contributed by atoms with E-state index < -0.39 is 0 Å². The first-order chi connectivity index (χ1) is 8.17. The van der Waals surface area contributed by atoms with E-state index in [1.807, 2.05) is 13.0 Å². The van der Waals surface area contributed by atoms with Gasteiger partial charge >= 0.3 is 0 Å². The number of hydrogen-bond donors (Lipinski definition) is 1. The van der Waals surface area contributed by atoms with Crippen LogP contribution in [0.15, 0.2) is 18.2 Å². The van der Waals surface area contributed by atoms with Gasteiger partial charge in [-0.3, -0.25) is 0 Å². The van der Waals surface area contributed by atoms with Crippen LogP contribution < -0.4 is 4.74 Å². The van der Waals surface area contributed by atoms with Gasteiger partial charge in [0.2, 0.25) is 0 Å². The van der Waals surface area contributed by atoms with E-state index in [0.29, 0.717) is 10.9 Å². The summed E-state index contributed by atoms with van der Waals surface area (Å²) >= 11 is 1.23. The van der Waals surface area contributed by atoms with Crippen LogP contribution in [0.5, 0.6) is 16.7 Å². The van der Waals surface area contributed by atoms with Gasteiger partial charge in [-0.1, -0.05) is 6.92 Å². The van der Waals surface area contributed by atoms with E-state index in [1.54, 1.807) is 12.1 Å². The first-order valence-corrected chi connectivity index (χ1v) is 6.26.